The Balaban J connectivity index is 2.56. The van der Waals surface area contributed by atoms with Gasteiger partial charge in [0.25, 0.3) is 0 Å². The van der Waals surface area contributed by atoms with E-state index >= 15 is 0 Å². The lowest BCUT2D eigenvalue weighted by atomic mass is 10.1. The lowest BCUT2D eigenvalue weighted by Gasteiger charge is -2.06. The second-order valence-electron chi connectivity index (χ2n) is 3.01. The predicted octanol–water partition coefficient (Wildman–Crippen LogP) is 2.27. The molecule has 0 spiro atoms. The van der Waals surface area contributed by atoms with Gasteiger partial charge in [-0.05, 0) is 18.2 Å². The zero-order chi connectivity index (χ0) is 9.97. The maximum atomic E-state index is 5.81. The van der Waals surface area contributed by atoms with Gasteiger partial charge in [0.05, 0.1) is 18.5 Å². The zero-order valence-electron chi connectivity index (χ0n) is 7.95. The number of rotatable bonds is 2. The van der Waals surface area contributed by atoms with E-state index in [-0.39, 0.29) is 0 Å². The van der Waals surface area contributed by atoms with Crippen LogP contribution < -0.4 is 10.5 Å². The van der Waals surface area contributed by atoms with E-state index in [1.165, 1.54) is 0 Å². The minimum Gasteiger partial charge on any atom is -0.496 e. The summed E-state index contributed by atoms with van der Waals surface area (Å²) in [6, 6.07) is 9.61. The highest BCUT2D eigenvalue weighted by Gasteiger charge is 2.07. The van der Waals surface area contributed by atoms with E-state index in [4.69, 9.17) is 10.5 Å². The van der Waals surface area contributed by atoms with Crippen molar-refractivity contribution in [2.24, 2.45) is 0 Å². The van der Waals surface area contributed by atoms with Gasteiger partial charge in [-0.2, -0.15) is 0 Å². The number of hydrogen-bond acceptors (Lipinski definition) is 2. The minimum atomic E-state index is 0.731. The molecule has 0 amide bonds. The Kier molecular flexibility index (Phi) is 2.14. The van der Waals surface area contributed by atoms with Crippen LogP contribution in [-0.2, 0) is 0 Å². The molecule has 3 heteroatoms. The molecule has 1 aromatic carbocycles. The summed E-state index contributed by atoms with van der Waals surface area (Å²) in [4.78, 5) is 3.09. The van der Waals surface area contributed by atoms with E-state index in [9.17, 15) is 0 Å². The summed E-state index contributed by atoms with van der Waals surface area (Å²) in [5, 5.41) is 0. The van der Waals surface area contributed by atoms with Crippen molar-refractivity contribution in [1.82, 2.24) is 4.98 Å². The fraction of sp³-hybridized carbons (Fsp3) is 0.0909. The number of nitrogen functional groups attached to an aromatic ring is 1. The van der Waals surface area contributed by atoms with Gasteiger partial charge in [0.15, 0.2) is 0 Å². The average molecular weight is 188 g/mol. The van der Waals surface area contributed by atoms with E-state index in [0.29, 0.717) is 0 Å². The molecule has 2 rings (SSSR count). The fourth-order valence-corrected chi connectivity index (χ4v) is 1.47. The third-order valence-corrected chi connectivity index (χ3v) is 2.16. The molecule has 0 aliphatic rings. The Labute approximate surface area is 82.5 Å². The molecule has 72 valence electrons. The van der Waals surface area contributed by atoms with Crippen LogP contribution in [0.5, 0.6) is 5.75 Å². The van der Waals surface area contributed by atoms with Gasteiger partial charge >= 0.3 is 0 Å². The van der Waals surface area contributed by atoms with Crippen LogP contribution in [0.1, 0.15) is 0 Å². The number of anilines is 1. The van der Waals surface area contributed by atoms with Crippen LogP contribution in [0.25, 0.3) is 11.3 Å². The van der Waals surface area contributed by atoms with Crippen LogP contribution in [0.15, 0.2) is 36.5 Å². The Morgan fingerprint density at radius 3 is 2.64 bits per heavy atom. The standard InChI is InChI=1S/C11H12N2O/c1-14-10-5-3-2-4-8(10)11-9(12)6-7-13-11/h2-7,13H,12H2,1H3. The van der Waals surface area contributed by atoms with E-state index in [0.717, 1.165) is 22.7 Å². The molecule has 0 bridgehead atoms. The molecular formula is C11H12N2O. The molecule has 0 saturated carbocycles. The van der Waals surface area contributed by atoms with Crippen molar-refractivity contribution in [2.45, 2.75) is 0 Å². The van der Waals surface area contributed by atoms with Gasteiger partial charge in [-0.3, -0.25) is 0 Å². The van der Waals surface area contributed by atoms with Gasteiger partial charge in [-0.1, -0.05) is 12.1 Å². The fourth-order valence-electron chi connectivity index (χ4n) is 1.47. The third kappa shape index (κ3) is 1.33. The normalized spacial score (nSPS) is 10.1. The van der Waals surface area contributed by atoms with E-state index in [1.807, 2.05) is 36.5 Å². The second-order valence-corrected chi connectivity index (χ2v) is 3.01. The SMILES string of the molecule is COc1ccccc1-c1[nH]ccc1N. The molecule has 0 saturated heterocycles. The van der Waals surface area contributed by atoms with Gasteiger partial charge in [-0.15, -0.1) is 0 Å². The molecule has 3 nitrogen and oxygen atoms in total. The highest BCUT2D eigenvalue weighted by atomic mass is 16.5. The number of hydrogen-bond donors (Lipinski definition) is 2. The summed E-state index contributed by atoms with van der Waals surface area (Å²) >= 11 is 0. The van der Waals surface area contributed by atoms with Crippen LogP contribution in [-0.4, -0.2) is 12.1 Å². The van der Waals surface area contributed by atoms with Crippen LogP contribution in [0.3, 0.4) is 0 Å². The number of benzene rings is 1. The van der Waals surface area contributed by atoms with Crippen molar-refractivity contribution in [3.8, 4) is 17.0 Å². The summed E-state index contributed by atoms with van der Waals surface area (Å²) in [5.41, 5.74) is 8.43. The molecule has 1 aromatic heterocycles. The number of nitrogens with one attached hydrogen (secondary N) is 1. The van der Waals surface area contributed by atoms with Crippen molar-refractivity contribution >= 4 is 5.69 Å². The highest BCUT2D eigenvalue weighted by molar-refractivity contribution is 5.77. The maximum absolute atomic E-state index is 5.81. The first-order valence-corrected chi connectivity index (χ1v) is 4.39. The van der Waals surface area contributed by atoms with Crippen molar-refractivity contribution < 1.29 is 4.74 Å². The molecule has 0 aliphatic heterocycles. The van der Waals surface area contributed by atoms with Crippen molar-refractivity contribution in [2.75, 3.05) is 12.8 Å². The molecule has 14 heavy (non-hydrogen) atoms. The minimum absolute atomic E-state index is 0.731. The summed E-state index contributed by atoms with van der Waals surface area (Å²) in [6.07, 6.45) is 1.82. The monoisotopic (exact) mass is 188 g/mol. The Hall–Kier alpha value is -1.90. The Bertz CT molecular complexity index is 434. The van der Waals surface area contributed by atoms with Crippen LogP contribution in [0.2, 0.25) is 0 Å². The van der Waals surface area contributed by atoms with E-state index in [1.54, 1.807) is 7.11 Å². The van der Waals surface area contributed by atoms with Gasteiger partial charge in [-0.25, -0.2) is 0 Å². The molecule has 0 radical (unpaired) electrons. The number of methoxy groups -OCH3 is 1. The largest absolute Gasteiger partial charge is 0.496 e. The molecule has 2 aromatic rings. The molecule has 3 N–H and O–H groups in total. The summed E-state index contributed by atoms with van der Waals surface area (Å²) in [7, 11) is 1.65. The molecular weight excluding hydrogens is 176 g/mol. The average Bonchev–Trinajstić information content (AvgIpc) is 2.64. The lowest BCUT2D eigenvalue weighted by molar-refractivity contribution is 0.416. The molecule has 0 fully saturated rings. The van der Waals surface area contributed by atoms with Crippen molar-refractivity contribution in [3.63, 3.8) is 0 Å². The number of para-hydroxylation sites is 1. The van der Waals surface area contributed by atoms with Crippen molar-refractivity contribution in [1.29, 1.82) is 0 Å². The van der Waals surface area contributed by atoms with Gasteiger partial charge in [0, 0.05) is 11.8 Å². The molecule has 0 atom stereocenters. The smallest absolute Gasteiger partial charge is 0.128 e. The predicted molar refractivity (Wildman–Crippen MR) is 57.2 cm³/mol. The van der Waals surface area contributed by atoms with Crippen LogP contribution >= 0.6 is 0 Å². The van der Waals surface area contributed by atoms with Gasteiger partial charge < -0.3 is 15.5 Å². The first-order chi connectivity index (χ1) is 6.83. The van der Waals surface area contributed by atoms with E-state index in [2.05, 4.69) is 4.98 Å². The summed E-state index contributed by atoms with van der Waals surface area (Å²) in [6.45, 7) is 0. The van der Waals surface area contributed by atoms with Crippen LogP contribution in [0.4, 0.5) is 5.69 Å². The first-order valence-electron chi connectivity index (χ1n) is 4.39. The van der Waals surface area contributed by atoms with Crippen molar-refractivity contribution in [3.05, 3.63) is 36.5 Å². The highest BCUT2D eigenvalue weighted by Crippen LogP contribution is 2.31. The van der Waals surface area contributed by atoms with E-state index < -0.39 is 0 Å². The lowest BCUT2D eigenvalue weighted by Crippen LogP contribution is -1.90. The third-order valence-electron chi connectivity index (χ3n) is 2.16. The zero-order valence-corrected chi connectivity index (χ0v) is 7.95. The van der Waals surface area contributed by atoms with Crippen LogP contribution in [0, 0.1) is 0 Å². The van der Waals surface area contributed by atoms with Gasteiger partial charge in [0.2, 0.25) is 0 Å². The number of aromatic amines is 1. The quantitative estimate of drug-likeness (QED) is 0.759. The molecule has 0 unspecified atom stereocenters. The second kappa shape index (κ2) is 3.46. The topological polar surface area (TPSA) is 51.0 Å². The summed E-state index contributed by atoms with van der Waals surface area (Å²) < 4.78 is 5.25. The number of ether oxygens (including phenoxy) is 1. The molecule has 0 aliphatic carbocycles. The Morgan fingerprint density at radius 1 is 1.21 bits per heavy atom. The number of H-pyrrole nitrogens is 1. The number of aromatic nitrogens is 1. The number of nitrogens with two attached hydrogens (primary N) is 1. The summed E-state index contributed by atoms with van der Waals surface area (Å²) in [5.74, 6) is 0.821. The first kappa shape index (κ1) is 8.69. The van der Waals surface area contributed by atoms with Gasteiger partial charge in [0.1, 0.15) is 5.75 Å². The molecule has 1 heterocycles. The Morgan fingerprint density at radius 2 is 2.00 bits per heavy atom. The maximum Gasteiger partial charge on any atom is 0.128 e.